The van der Waals surface area contributed by atoms with Crippen molar-refractivity contribution in [3.63, 3.8) is 0 Å². The number of hydrogen-bond acceptors (Lipinski definition) is 4. The summed E-state index contributed by atoms with van der Waals surface area (Å²) in [5, 5.41) is 0.723. The van der Waals surface area contributed by atoms with Crippen LogP contribution in [0.4, 0.5) is 0 Å². The van der Waals surface area contributed by atoms with Crippen molar-refractivity contribution < 1.29 is 14.3 Å². The van der Waals surface area contributed by atoms with E-state index in [4.69, 9.17) is 4.74 Å². The third kappa shape index (κ3) is 4.14. The number of ether oxygens (including phenoxy) is 1. The van der Waals surface area contributed by atoms with Crippen molar-refractivity contribution in [1.29, 1.82) is 0 Å². The van der Waals surface area contributed by atoms with E-state index in [-0.39, 0.29) is 5.91 Å². The largest absolute Gasteiger partial charge is 0.444 e. The van der Waals surface area contributed by atoms with Crippen LogP contribution in [0.1, 0.15) is 47.0 Å². The van der Waals surface area contributed by atoms with Crippen LogP contribution in [0.25, 0.3) is 10.9 Å². The molecule has 148 valence electrons. The molecule has 1 amide bonds. The van der Waals surface area contributed by atoms with Gasteiger partial charge in [-0.15, -0.1) is 0 Å². The molecule has 3 aromatic rings. The Morgan fingerprint density at radius 3 is 2.41 bits per heavy atom. The fourth-order valence-corrected chi connectivity index (χ4v) is 3.82. The minimum absolute atomic E-state index is 0.153. The van der Waals surface area contributed by atoms with Crippen molar-refractivity contribution in [3.8, 4) is 0 Å². The summed E-state index contributed by atoms with van der Waals surface area (Å²) in [6.07, 6.45) is 2.14. The Morgan fingerprint density at radius 1 is 0.966 bits per heavy atom. The van der Waals surface area contributed by atoms with Crippen LogP contribution in [0.3, 0.4) is 0 Å². The second-order valence-electron chi connectivity index (χ2n) is 7.41. The molecular weight excluding hydrogens is 364 g/mol. The number of aryl methyl sites for hydroxylation is 1. The van der Waals surface area contributed by atoms with Crippen molar-refractivity contribution in [3.05, 3.63) is 77.5 Å². The lowest BCUT2D eigenvalue weighted by Crippen LogP contribution is -2.40. The molecule has 0 saturated carbocycles. The minimum atomic E-state index is -0.950. The van der Waals surface area contributed by atoms with Crippen LogP contribution in [0, 0.1) is 6.92 Å². The van der Waals surface area contributed by atoms with Gasteiger partial charge in [-0.3, -0.25) is 9.78 Å². The summed E-state index contributed by atoms with van der Waals surface area (Å²) in [5.74, 6) is -0.662. The third-order valence-corrected chi connectivity index (χ3v) is 5.28. The molecular formula is C24H24N2O3. The number of rotatable bonds is 4. The highest BCUT2D eigenvalue weighted by Gasteiger charge is 2.31. The van der Waals surface area contributed by atoms with Crippen molar-refractivity contribution >= 4 is 22.8 Å². The third-order valence-electron chi connectivity index (χ3n) is 5.28. The van der Waals surface area contributed by atoms with E-state index in [2.05, 4.69) is 4.98 Å². The number of benzene rings is 2. The van der Waals surface area contributed by atoms with Gasteiger partial charge in [-0.2, -0.15) is 0 Å². The number of nitrogens with zero attached hydrogens (tertiary/aromatic N) is 2. The maximum Gasteiger partial charge on any atom is 0.340 e. The standard InChI is InChI=1S/C24H24N2O3/c1-17-16-20(19-12-6-7-13-21(19)25-17)24(28)29-22(18-10-4-2-5-11-18)23(27)26-14-8-3-9-15-26/h2,4-7,10-13,16,22H,3,8-9,14-15H2,1H3/t22-/m1/s1. The maximum atomic E-state index is 13.2. The predicted molar refractivity (Wildman–Crippen MR) is 112 cm³/mol. The fourth-order valence-electron chi connectivity index (χ4n) is 3.82. The predicted octanol–water partition coefficient (Wildman–Crippen LogP) is 4.45. The van der Waals surface area contributed by atoms with Gasteiger partial charge < -0.3 is 9.64 Å². The summed E-state index contributed by atoms with van der Waals surface area (Å²) in [6.45, 7) is 3.25. The molecule has 1 fully saturated rings. The van der Waals surface area contributed by atoms with E-state index in [1.807, 2.05) is 66.4 Å². The molecule has 1 aliphatic heterocycles. The second-order valence-corrected chi connectivity index (χ2v) is 7.41. The van der Waals surface area contributed by atoms with Gasteiger partial charge in [-0.05, 0) is 38.3 Å². The van der Waals surface area contributed by atoms with Crippen molar-refractivity contribution in [1.82, 2.24) is 9.88 Å². The van der Waals surface area contributed by atoms with Crippen molar-refractivity contribution in [2.24, 2.45) is 0 Å². The fraction of sp³-hybridized carbons (Fsp3) is 0.292. The summed E-state index contributed by atoms with van der Waals surface area (Å²) < 4.78 is 5.84. The molecule has 1 atom stereocenters. The first-order valence-corrected chi connectivity index (χ1v) is 10.0. The van der Waals surface area contributed by atoms with Gasteiger partial charge in [0.1, 0.15) is 0 Å². The number of amides is 1. The molecule has 0 radical (unpaired) electrons. The van der Waals surface area contributed by atoms with Gasteiger partial charge >= 0.3 is 5.97 Å². The minimum Gasteiger partial charge on any atom is -0.444 e. The molecule has 1 aromatic heterocycles. The Hall–Kier alpha value is -3.21. The summed E-state index contributed by atoms with van der Waals surface area (Å²) in [6, 6.07) is 18.4. The van der Waals surface area contributed by atoms with E-state index in [0.717, 1.165) is 35.9 Å². The van der Waals surface area contributed by atoms with Crippen LogP contribution in [0.5, 0.6) is 0 Å². The Balaban J connectivity index is 1.67. The molecule has 5 heteroatoms. The topological polar surface area (TPSA) is 59.5 Å². The number of hydrogen-bond donors (Lipinski definition) is 0. The first-order valence-electron chi connectivity index (χ1n) is 10.0. The molecule has 0 N–H and O–H groups in total. The van der Waals surface area contributed by atoms with E-state index in [0.29, 0.717) is 24.2 Å². The number of carbonyl (C=O) groups excluding carboxylic acids is 2. The smallest absolute Gasteiger partial charge is 0.340 e. The van der Waals surface area contributed by atoms with Crippen LogP contribution in [-0.2, 0) is 9.53 Å². The van der Waals surface area contributed by atoms with Crippen molar-refractivity contribution in [2.45, 2.75) is 32.3 Å². The lowest BCUT2D eigenvalue weighted by atomic mass is 10.0. The molecule has 0 bridgehead atoms. The highest BCUT2D eigenvalue weighted by atomic mass is 16.5. The molecule has 1 saturated heterocycles. The van der Waals surface area contributed by atoms with Crippen LogP contribution in [-0.4, -0.2) is 34.8 Å². The van der Waals surface area contributed by atoms with Crippen LogP contribution in [0.2, 0.25) is 0 Å². The van der Waals surface area contributed by atoms with Gasteiger partial charge in [-0.1, -0.05) is 48.5 Å². The number of fused-ring (bicyclic) bond motifs is 1. The Labute approximate surface area is 170 Å². The Morgan fingerprint density at radius 2 is 1.66 bits per heavy atom. The monoisotopic (exact) mass is 388 g/mol. The molecule has 2 heterocycles. The first-order chi connectivity index (χ1) is 14.1. The zero-order valence-electron chi connectivity index (χ0n) is 16.5. The quantitative estimate of drug-likeness (QED) is 0.620. The average Bonchev–Trinajstić information content (AvgIpc) is 2.77. The first kappa shape index (κ1) is 19.1. The number of aromatic nitrogens is 1. The average molecular weight is 388 g/mol. The molecule has 29 heavy (non-hydrogen) atoms. The number of pyridine rings is 1. The summed E-state index contributed by atoms with van der Waals surface area (Å²) >= 11 is 0. The van der Waals surface area contributed by atoms with E-state index >= 15 is 0 Å². The Bertz CT molecular complexity index is 1030. The zero-order valence-corrected chi connectivity index (χ0v) is 16.5. The second kappa shape index (κ2) is 8.43. The molecule has 4 rings (SSSR count). The summed E-state index contributed by atoms with van der Waals surface area (Å²) in [5.41, 5.74) is 2.58. The van der Waals surface area contributed by atoms with Gasteiger partial charge in [0.25, 0.3) is 5.91 Å². The van der Waals surface area contributed by atoms with E-state index in [9.17, 15) is 9.59 Å². The molecule has 0 spiro atoms. The van der Waals surface area contributed by atoms with Crippen LogP contribution in [0.15, 0.2) is 60.7 Å². The zero-order chi connectivity index (χ0) is 20.2. The SMILES string of the molecule is Cc1cc(C(=O)O[C@@H](C(=O)N2CCCCC2)c2ccccc2)c2ccccc2n1. The number of carbonyl (C=O) groups is 2. The van der Waals surface area contributed by atoms with Gasteiger partial charge in [0.15, 0.2) is 0 Å². The molecule has 1 aliphatic rings. The highest BCUT2D eigenvalue weighted by Crippen LogP contribution is 2.26. The number of likely N-dealkylation sites (tertiary alicyclic amines) is 1. The number of para-hydroxylation sites is 1. The van der Waals surface area contributed by atoms with Gasteiger partial charge in [0.2, 0.25) is 6.10 Å². The molecule has 0 aliphatic carbocycles. The number of esters is 1. The van der Waals surface area contributed by atoms with E-state index in [1.54, 1.807) is 6.07 Å². The molecule has 5 nitrogen and oxygen atoms in total. The van der Waals surface area contributed by atoms with Crippen LogP contribution >= 0.6 is 0 Å². The normalized spacial score (nSPS) is 15.1. The number of piperidine rings is 1. The maximum absolute atomic E-state index is 13.2. The van der Waals surface area contributed by atoms with Crippen molar-refractivity contribution in [2.75, 3.05) is 13.1 Å². The molecule has 0 unspecified atom stereocenters. The summed E-state index contributed by atoms with van der Waals surface area (Å²) in [4.78, 5) is 32.7. The van der Waals surface area contributed by atoms with Gasteiger partial charge in [0, 0.05) is 29.7 Å². The Kier molecular flexibility index (Phi) is 5.56. The van der Waals surface area contributed by atoms with Crippen LogP contribution < -0.4 is 0 Å². The summed E-state index contributed by atoms with van der Waals surface area (Å²) in [7, 11) is 0. The lowest BCUT2D eigenvalue weighted by molar-refractivity contribution is -0.142. The lowest BCUT2D eigenvalue weighted by Gasteiger charge is -2.30. The highest BCUT2D eigenvalue weighted by molar-refractivity contribution is 6.04. The van der Waals surface area contributed by atoms with E-state index < -0.39 is 12.1 Å². The molecule has 2 aromatic carbocycles. The van der Waals surface area contributed by atoms with Gasteiger partial charge in [0.05, 0.1) is 11.1 Å². The van der Waals surface area contributed by atoms with Gasteiger partial charge in [-0.25, -0.2) is 4.79 Å². The van der Waals surface area contributed by atoms with E-state index in [1.165, 1.54) is 0 Å².